The maximum atomic E-state index is 5.88. The Morgan fingerprint density at radius 1 is 1.35 bits per heavy atom. The lowest BCUT2D eigenvalue weighted by molar-refractivity contribution is -0.0945. The second kappa shape index (κ2) is 5.38. The molecule has 2 rings (SSSR count). The van der Waals surface area contributed by atoms with Crippen LogP contribution in [-0.4, -0.2) is 32.0 Å². The molecular weight excluding hydrogens is 218 g/mol. The Morgan fingerprint density at radius 2 is 2.12 bits per heavy atom. The Hall–Kier alpha value is -1.26. The predicted octanol–water partition coefficient (Wildman–Crippen LogP) is 1.58. The summed E-state index contributed by atoms with van der Waals surface area (Å²) >= 11 is 0. The van der Waals surface area contributed by atoms with Crippen molar-refractivity contribution in [2.45, 2.75) is 31.6 Å². The van der Waals surface area contributed by atoms with Gasteiger partial charge in [0.1, 0.15) is 23.7 Å². The zero-order valence-electron chi connectivity index (χ0n) is 10.3. The van der Waals surface area contributed by atoms with Gasteiger partial charge in [0.05, 0.1) is 7.11 Å². The fourth-order valence-electron chi connectivity index (χ4n) is 2.00. The lowest BCUT2D eigenvalue weighted by Gasteiger charge is -2.41. The highest BCUT2D eigenvalue weighted by Gasteiger charge is 2.41. The highest BCUT2D eigenvalue weighted by molar-refractivity contribution is 5.33. The third-order valence-corrected chi connectivity index (χ3v) is 2.98. The van der Waals surface area contributed by atoms with E-state index in [1.807, 2.05) is 31.2 Å². The average molecular weight is 237 g/mol. The van der Waals surface area contributed by atoms with E-state index in [9.17, 15) is 0 Å². The molecule has 1 saturated carbocycles. The van der Waals surface area contributed by atoms with E-state index in [-0.39, 0.29) is 18.2 Å². The van der Waals surface area contributed by atoms with Crippen molar-refractivity contribution in [3.8, 4) is 11.5 Å². The second-order valence-electron chi connectivity index (χ2n) is 4.15. The third-order valence-electron chi connectivity index (χ3n) is 2.98. The van der Waals surface area contributed by atoms with Gasteiger partial charge >= 0.3 is 0 Å². The lowest BCUT2D eigenvalue weighted by Crippen LogP contribution is -2.59. The Bertz CT molecular complexity index is 369. The fourth-order valence-corrected chi connectivity index (χ4v) is 2.00. The first-order valence-electron chi connectivity index (χ1n) is 5.92. The highest BCUT2D eigenvalue weighted by atomic mass is 16.5. The molecular formula is C13H19NO3. The van der Waals surface area contributed by atoms with Gasteiger partial charge in [-0.1, -0.05) is 6.07 Å². The maximum Gasteiger partial charge on any atom is 0.128 e. The van der Waals surface area contributed by atoms with Crippen molar-refractivity contribution >= 4 is 0 Å². The van der Waals surface area contributed by atoms with Gasteiger partial charge in [0.15, 0.2) is 0 Å². The summed E-state index contributed by atoms with van der Waals surface area (Å²) in [7, 11) is 1.64. The van der Waals surface area contributed by atoms with E-state index in [1.165, 1.54) is 0 Å². The molecule has 0 saturated heterocycles. The van der Waals surface area contributed by atoms with E-state index in [4.69, 9.17) is 19.9 Å². The van der Waals surface area contributed by atoms with Crippen LogP contribution in [0.2, 0.25) is 0 Å². The summed E-state index contributed by atoms with van der Waals surface area (Å²) in [5.74, 6) is 1.59. The molecule has 0 heterocycles. The normalized spacial score (nSPS) is 27.4. The Kier molecular flexibility index (Phi) is 3.86. The molecule has 17 heavy (non-hydrogen) atoms. The topological polar surface area (TPSA) is 53.7 Å². The van der Waals surface area contributed by atoms with Crippen LogP contribution in [0.25, 0.3) is 0 Å². The average Bonchev–Trinajstić information content (AvgIpc) is 2.36. The second-order valence-corrected chi connectivity index (χ2v) is 4.15. The summed E-state index contributed by atoms with van der Waals surface area (Å²) in [6.45, 7) is 2.63. The molecule has 2 N–H and O–H groups in total. The first-order chi connectivity index (χ1) is 8.24. The van der Waals surface area contributed by atoms with Gasteiger partial charge in [-0.2, -0.15) is 0 Å². The van der Waals surface area contributed by atoms with Gasteiger partial charge in [-0.15, -0.1) is 0 Å². The van der Waals surface area contributed by atoms with Crippen LogP contribution in [0.3, 0.4) is 0 Å². The van der Waals surface area contributed by atoms with Crippen molar-refractivity contribution < 1.29 is 14.2 Å². The molecule has 1 aliphatic rings. The molecule has 0 bridgehead atoms. The summed E-state index contributed by atoms with van der Waals surface area (Å²) in [4.78, 5) is 0. The van der Waals surface area contributed by atoms with E-state index < -0.39 is 0 Å². The van der Waals surface area contributed by atoms with Crippen molar-refractivity contribution in [3.63, 3.8) is 0 Å². The molecule has 3 unspecified atom stereocenters. The van der Waals surface area contributed by atoms with Crippen LogP contribution >= 0.6 is 0 Å². The molecule has 1 aromatic rings. The Labute approximate surface area is 102 Å². The lowest BCUT2D eigenvalue weighted by atomic mass is 9.86. The van der Waals surface area contributed by atoms with E-state index in [0.29, 0.717) is 6.61 Å². The summed E-state index contributed by atoms with van der Waals surface area (Å²) in [5, 5.41) is 0. The summed E-state index contributed by atoms with van der Waals surface area (Å²) in [6, 6.07) is 7.66. The summed E-state index contributed by atoms with van der Waals surface area (Å²) < 4.78 is 16.5. The molecule has 94 valence electrons. The molecule has 4 nitrogen and oxygen atoms in total. The number of hydrogen-bond acceptors (Lipinski definition) is 4. The molecule has 0 aromatic heterocycles. The molecule has 0 spiro atoms. The van der Waals surface area contributed by atoms with Gasteiger partial charge in [-0.3, -0.25) is 0 Å². The smallest absolute Gasteiger partial charge is 0.128 e. The number of benzene rings is 1. The van der Waals surface area contributed by atoms with E-state index in [1.54, 1.807) is 7.11 Å². The molecule has 1 aromatic carbocycles. The zero-order chi connectivity index (χ0) is 12.3. The van der Waals surface area contributed by atoms with Gasteiger partial charge in [0.25, 0.3) is 0 Å². The van der Waals surface area contributed by atoms with Crippen LogP contribution < -0.4 is 15.2 Å². The quantitative estimate of drug-likeness (QED) is 0.844. The standard InChI is InChI=1S/C13H19NO3/c1-3-16-13-11(14)8-12(13)17-10-6-4-5-9(7-10)15-2/h4-7,11-13H,3,8,14H2,1-2H3. The van der Waals surface area contributed by atoms with Crippen LogP contribution in [0.4, 0.5) is 0 Å². The summed E-state index contributed by atoms with van der Waals surface area (Å²) in [6.07, 6.45) is 0.894. The number of hydrogen-bond donors (Lipinski definition) is 1. The van der Waals surface area contributed by atoms with Crippen LogP contribution in [-0.2, 0) is 4.74 Å². The van der Waals surface area contributed by atoms with Gasteiger partial charge in [-0.25, -0.2) is 0 Å². The van der Waals surface area contributed by atoms with Crippen molar-refractivity contribution in [2.24, 2.45) is 5.73 Å². The number of rotatable bonds is 5. The third kappa shape index (κ3) is 2.70. The number of ether oxygens (including phenoxy) is 3. The molecule has 1 aliphatic carbocycles. The minimum absolute atomic E-state index is 0.00574. The first-order valence-corrected chi connectivity index (χ1v) is 5.92. The van der Waals surface area contributed by atoms with Crippen LogP contribution in [0, 0.1) is 0 Å². The first kappa shape index (κ1) is 12.2. The highest BCUT2D eigenvalue weighted by Crippen LogP contribution is 2.29. The van der Waals surface area contributed by atoms with E-state index in [0.717, 1.165) is 17.9 Å². The van der Waals surface area contributed by atoms with Crippen LogP contribution in [0.5, 0.6) is 11.5 Å². The summed E-state index contributed by atoms with van der Waals surface area (Å²) in [5.41, 5.74) is 5.88. The van der Waals surface area contributed by atoms with Crippen molar-refractivity contribution in [3.05, 3.63) is 24.3 Å². The maximum absolute atomic E-state index is 5.88. The molecule has 3 atom stereocenters. The number of methoxy groups -OCH3 is 1. The fraction of sp³-hybridized carbons (Fsp3) is 0.538. The SMILES string of the molecule is CCOC1C(N)CC1Oc1cccc(OC)c1. The van der Waals surface area contributed by atoms with Crippen molar-refractivity contribution in [1.29, 1.82) is 0 Å². The monoisotopic (exact) mass is 237 g/mol. The van der Waals surface area contributed by atoms with Crippen LogP contribution in [0.15, 0.2) is 24.3 Å². The van der Waals surface area contributed by atoms with E-state index in [2.05, 4.69) is 0 Å². The van der Waals surface area contributed by atoms with Gasteiger partial charge in [0, 0.05) is 25.1 Å². The molecule has 0 radical (unpaired) electrons. The molecule has 0 aliphatic heterocycles. The van der Waals surface area contributed by atoms with Gasteiger partial charge in [0.2, 0.25) is 0 Å². The molecule has 0 amide bonds. The zero-order valence-corrected chi connectivity index (χ0v) is 10.3. The molecule has 1 fully saturated rings. The largest absolute Gasteiger partial charge is 0.497 e. The van der Waals surface area contributed by atoms with Gasteiger partial charge < -0.3 is 19.9 Å². The van der Waals surface area contributed by atoms with Gasteiger partial charge in [-0.05, 0) is 19.1 Å². The Morgan fingerprint density at radius 3 is 2.76 bits per heavy atom. The number of nitrogens with two attached hydrogens (primary N) is 1. The van der Waals surface area contributed by atoms with E-state index >= 15 is 0 Å². The van der Waals surface area contributed by atoms with Crippen molar-refractivity contribution in [2.75, 3.05) is 13.7 Å². The predicted molar refractivity (Wildman–Crippen MR) is 65.4 cm³/mol. The molecule has 4 heteroatoms. The van der Waals surface area contributed by atoms with Crippen molar-refractivity contribution in [1.82, 2.24) is 0 Å². The van der Waals surface area contributed by atoms with Crippen LogP contribution in [0.1, 0.15) is 13.3 Å². The minimum atomic E-state index is 0.00574. The Balaban J connectivity index is 1.96. The minimum Gasteiger partial charge on any atom is -0.497 e.